The van der Waals surface area contributed by atoms with Gasteiger partial charge < -0.3 is 11.1 Å². The Morgan fingerprint density at radius 1 is 1.30 bits per heavy atom. The van der Waals surface area contributed by atoms with E-state index in [1.807, 2.05) is 0 Å². The molecule has 0 spiro atoms. The van der Waals surface area contributed by atoms with E-state index in [2.05, 4.69) is 50.0 Å². The lowest BCUT2D eigenvalue weighted by molar-refractivity contribution is 0.449. The summed E-state index contributed by atoms with van der Waals surface area (Å²) in [6.45, 7) is 11.2. The fourth-order valence-corrected chi connectivity index (χ4v) is 2.52. The third kappa shape index (κ3) is 6.88. The molecule has 1 aromatic rings. The van der Waals surface area contributed by atoms with Gasteiger partial charge in [-0.3, -0.25) is 0 Å². The fraction of sp³-hybridized carbons (Fsp3) is 0.556. The van der Waals surface area contributed by atoms with Crippen molar-refractivity contribution in [3.63, 3.8) is 0 Å². The van der Waals surface area contributed by atoms with Crippen molar-refractivity contribution in [2.24, 2.45) is 11.7 Å². The molecule has 112 valence electrons. The van der Waals surface area contributed by atoms with Gasteiger partial charge in [-0.15, -0.1) is 6.58 Å². The molecule has 0 aliphatic carbocycles. The van der Waals surface area contributed by atoms with E-state index in [-0.39, 0.29) is 0 Å². The number of hydrogen-bond acceptors (Lipinski definition) is 2. The summed E-state index contributed by atoms with van der Waals surface area (Å²) in [6.07, 6.45) is 4.72. The molecule has 0 aromatic heterocycles. The van der Waals surface area contributed by atoms with Crippen LogP contribution >= 0.6 is 0 Å². The summed E-state index contributed by atoms with van der Waals surface area (Å²) in [7, 11) is 0. The molecule has 2 nitrogen and oxygen atoms in total. The summed E-state index contributed by atoms with van der Waals surface area (Å²) in [5, 5.41) is 3.55. The quantitative estimate of drug-likeness (QED) is 0.505. The summed E-state index contributed by atoms with van der Waals surface area (Å²) in [5.41, 5.74) is 9.55. The van der Waals surface area contributed by atoms with Crippen LogP contribution in [0.15, 0.2) is 36.4 Å². The first-order chi connectivity index (χ1) is 9.65. The van der Waals surface area contributed by atoms with E-state index in [9.17, 15) is 0 Å². The van der Waals surface area contributed by atoms with E-state index in [4.69, 9.17) is 5.73 Å². The lowest BCUT2D eigenvalue weighted by Crippen LogP contribution is -2.21. The van der Waals surface area contributed by atoms with E-state index in [0.717, 1.165) is 31.8 Å². The summed E-state index contributed by atoms with van der Waals surface area (Å²) >= 11 is 0. The molecule has 1 rings (SSSR count). The molecule has 0 radical (unpaired) electrons. The minimum absolute atomic E-state index is 0.625. The number of benzene rings is 1. The summed E-state index contributed by atoms with van der Waals surface area (Å²) in [5.74, 6) is 0.778. The molecule has 20 heavy (non-hydrogen) atoms. The molecule has 1 aromatic carbocycles. The van der Waals surface area contributed by atoms with Gasteiger partial charge in [0.2, 0.25) is 0 Å². The maximum absolute atomic E-state index is 5.66. The Hall–Kier alpha value is -1.12. The number of nitrogens with one attached hydrogen (secondary N) is 1. The van der Waals surface area contributed by atoms with Gasteiger partial charge in [-0.05, 0) is 56.3 Å². The van der Waals surface area contributed by atoms with Crippen molar-refractivity contribution in [2.75, 3.05) is 13.1 Å². The fourth-order valence-electron chi connectivity index (χ4n) is 2.52. The monoisotopic (exact) mass is 274 g/mol. The minimum Gasteiger partial charge on any atom is -0.326 e. The Bertz CT molecular complexity index is 398. The molecule has 1 unspecified atom stereocenters. The lowest BCUT2D eigenvalue weighted by atomic mass is 9.95. The van der Waals surface area contributed by atoms with Gasteiger partial charge in [0, 0.05) is 6.54 Å². The van der Waals surface area contributed by atoms with Gasteiger partial charge in [0.1, 0.15) is 0 Å². The molecular weight excluding hydrogens is 244 g/mol. The largest absolute Gasteiger partial charge is 0.326 e. The van der Waals surface area contributed by atoms with Crippen LogP contribution in [0.4, 0.5) is 0 Å². The summed E-state index contributed by atoms with van der Waals surface area (Å²) < 4.78 is 0. The normalized spacial score (nSPS) is 12.3. The Labute approximate surface area is 124 Å². The van der Waals surface area contributed by atoms with Crippen molar-refractivity contribution >= 4 is 0 Å². The molecule has 0 saturated heterocycles. The van der Waals surface area contributed by atoms with E-state index in [0.29, 0.717) is 6.54 Å². The molecule has 0 aliphatic rings. The van der Waals surface area contributed by atoms with Crippen LogP contribution in [0.25, 0.3) is 0 Å². The van der Waals surface area contributed by atoms with Crippen molar-refractivity contribution < 1.29 is 0 Å². The predicted molar refractivity (Wildman–Crippen MR) is 88.7 cm³/mol. The highest BCUT2D eigenvalue weighted by molar-refractivity contribution is 5.23. The zero-order valence-corrected chi connectivity index (χ0v) is 13.1. The lowest BCUT2D eigenvalue weighted by Gasteiger charge is -2.15. The molecular formula is C18H30N2. The van der Waals surface area contributed by atoms with Gasteiger partial charge in [-0.25, -0.2) is 0 Å². The van der Waals surface area contributed by atoms with E-state index >= 15 is 0 Å². The maximum atomic E-state index is 5.66. The van der Waals surface area contributed by atoms with Crippen LogP contribution in [0.3, 0.4) is 0 Å². The first kappa shape index (κ1) is 16.9. The van der Waals surface area contributed by atoms with Crippen molar-refractivity contribution in [3.8, 4) is 0 Å². The Morgan fingerprint density at radius 2 is 2.05 bits per heavy atom. The first-order valence-corrected chi connectivity index (χ1v) is 7.78. The number of hydrogen-bond donors (Lipinski definition) is 2. The highest BCUT2D eigenvalue weighted by atomic mass is 14.8. The molecule has 0 amide bonds. The van der Waals surface area contributed by atoms with E-state index in [1.165, 1.54) is 29.5 Å². The minimum atomic E-state index is 0.625. The smallest absolute Gasteiger partial charge is 0.0178 e. The van der Waals surface area contributed by atoms with Crippen LogP contribution < -0.4 is 11.1 Å². The number of allylic oxidation sites excluding steroid dienone is 1. The van der Waals surface area contributed by atoms with Crippen LogP contribution in [0.2, 0.25) is 0 Å². The van der Waals surface area contributed by atoms with Gasteiger partial charge in [-0.1, -0.05) is 43.2 Å². The molecule has 2 heteroatoms. The highest BCUT2D eigenvalue weighted by Crippen LogP contribution is 2.16. The zero-order chi connectivity index (χ0) is 14.8. The summed E-state index contributed by atoms with van der Waals surface area (Å²) in [4.78, 5) is 0. The average Bonchev–Trinajstić information content (AvgIpc) is 2.45. The third-order valence-electron chi connectivity index (χ3n) is 3.76. The van der Waals surface area contributed by atoms with Crippen LogP contribution in [0.5, 0.6) is 0 Å². The Balaban J connectivity index is 2.19. The molecule has 0 saturated carbocycles. The van der Waals surface area contributed by atoms with Crippen molar-refractivity contribution in [3.05, 3.63) is 47.5 Å². The van der Waals surface area contributed by atoms with Gasteiger partial charge >= 0.3 is 0 Å². The zero-order valence-electron chi connectivity index (χ0n) is 13.1. The van der Waals surface area contributed by atoms with Crippen LogP contribution in [0, 0.1) is 5.92 Å². The Morgan fingerprint density at radius 3 is 2.70 bits per heavy atom. The molecule has 0 fully saturated rings. The van der Waals surface area contributed by atoms with Gasteiger partial charge in [-0.2, -0.15) is 0 Å². The average molecular weight is 274 g/mol. The third-order valence-corrected chi connectivity index (χ3v) is 3.76. The van der Waals surface area contributed by atoms with Gasteiger partial charge in [0.25, 0.3) is 0 Å². The van der Waals surface area contributed by atoms with Crippen molar-refractivity contribution in [2.45, 2.75) is 46.1 Å². The second-order valence-electron chi connectivity index (χ2n) is 5.75. The summed E-state index contributed by atoms with van der Waals surface area (Å²) in [6, 6.07) is 8.56. The predicted octanol–water partition coefficient (Wildman–Crippen LogP) is 3.66. The molecule has 3 N–H and O–H groups in total. The van der Waals surface area contributed by atoms with Crippen LogP contribution in [0.1, 0.15) is 44.2 Å². The van der Waals surface area contributed by atoms with Gasteiger partial charge in [0.05, 0.1) is 0 Å². The topological polar surface area (TPSA) is 38.0 Å². The SMILES string of the molecule is C=C(C)CC(CC)CCNCCc1cccc(CN)c1. The van der Waals surface area contributed by atoms with Gasteiger partial charge in [0.15, 0.2) is 0 Å². The highest BCUT2D eigenvalue weighted by Gasteiger charge is 2.05. The van der Waals surface area contributed by atoms with Crippen molar-refractivity contribution in [1.29, 1.82) is 0 Å². The van der Waals surface area contributed by atoms with Crippen LogP contribution in [-0.2, 0) is 13.0 Å². The second-order valence-corrected chi connectivity index (χ2v) is 5.75. The second kappa shape index (κ2) is 9.73. The Kier molecular flexibility index (Phi) is 8.24. The van der Waals surface area contributed by atoms with E-state index < -0.39 is 0 Å². The van der Waals surface area contributed by atoms with Crippen molar-refractivity contribution in [1.82, 2.24) is 5.32 Å². The first-order valence-electron chi connectivity index (χ1n) is 7.78. The maximum Gasteiger partial charge on any atom is 0.0178 e. The number of nitrogens with two attached hydrogens (primary N) is 1. The standard InChI is InChI=1S/C18H30N2/c1-4-16(12-15(2)3)8-10-20-11-9-17-6-5-7-18(13-17)14-19/h5-7,13,16,20H,2,4,8-12,14,19H2,1,3H3. The molecule has 0 bridgehead atoms. The molecule has 0 heterocycles. The van der Waals surface area contributed by atoms with Crippen LogP contribution in [-0.4, -0.2) is 13.1 Å². The molecule has 1 atom stereocenters. The molecule has 0 aliphatic heterocycles. The van der Waals surface area contributed by atoms with E-state index in [1.54, 1.807) is 0 Å². The number of rotatable bonds is 10.